The molecule has 1 aliphatic carbocycles. The molecule has 0 spiro atoms. The highest BCUT2D eigenvalue weighted by Gasteiger charge is 2.22. The molecule has 0 saturated heterocycles. The van der Waals surface area contributed by atoms with Crippen LogP contribution < -0.4 is 0 Å². The molecule has 5 heteroatoms. The van der Waals surface area contributed by atoms with Gasteiger partial charge in [-0.3, -0.25) is 9.59 Å². The summed E-state index contributed by atoms with van der Waals surface area (Å²) in [6, 6.07) is 0. The van der Waals surface area contributed by atoms with Crippen LogP contribution in [-0.2, 0) is 14.4 Å². The van der Waals surface area contributed by atoms with Gasteiger partial charge in [0.1, 0.15) is 0 Å². The van der Waals surface area contributed by atoms with Crippen molar-refractivity contribution in [3.63, 3.8) is 0 Å². The van der Waals surface area contributed by atoms with Gasteiger partial charge in [-0.15, -0.1) is 0 Å². The summed E-state index contributed by atoms with van der Waals surface area (Å²) in [5.74, 6) is -1.30. The van der Waals surface area contributed by atoms with Crippen LogP contribution in [0.15, 0.2) is 70.4 Å². The van der Waals surface area contributed by atoms with Crippen molar-refractivity contribution in [3.8, 4) is 0 Å². The van der Waals surface area contributed by atoms with Gasteiger partial charge >= 0.3 is 5.97 Å². The van der Waals surface area contributed by atoms with Crippen LogP contribution in [0.2, 0.25) is 0 Å². The van der Waals surface area contributed by atoms with Gasteiger partial charge in [-0.05, 0) is 83.9 Å². The SMILES string of the molecule is C=C(CCC=C(C)CCC=C(CCC=C(C)C)C(=O)O)C(O)CC1=CC(=O)C=C(C)C1=O. The topological polar surface area (TPSA) is 91.7 Å². The van der Waals surface area contributed by atoms with E-state index in [9.17, 15) is 24.6 Å². The Morgan fingerprint density at radius 3 is 2.25 bits per heavy atom. The second-order valence-corrected chi connectivity index (χ2v) is 8.59. The van der Waals surface area contributed by atoms with Crippen molar-refractivity contribution in [2.75, 3.05) is 0 Å². The zero-order valence-electron chi connectivity index (χ0n) is 19.7. The number of carbonyl (C=O) groups excluding carboxylic acids is 2. The zero-order valence-corrected chi connectivity index (χ0v) is 19.7. The average Bonchev–Trinajstić information content (AvgIpc) is 2.69. The number of carboxylic acids is 1. The molecule has 0 amide bonds. The third-order valence-electron chi connectivity index (χ3n) is 5.34. The minimum absolute atomic E-state index is 0.0901. The molecule has 0 aliphatic heterocycles. The fourth-order valence-electron chi connectivity index (χ4n) is 3.37. The van der Waals surface area contributed by atoms with E-state index in [4.69, 9.17) is 0 Å². The number of carbonyl (C=O) groups is 3. The van der Waals surface area contributed by atoms with E-state index in [0.717, 1.165) is 18.4 Å². The number of ketones is 2. The molecule has 0 fully saturated rings. The average molecular weight is 441 g/mol. The maximum atomic E-state index is 12.1. The van der Waals surface area contributed by atoms with Crippen LogP contribution in [-0.4, -0.2) is 33.9 Å². The van der Waals surface area contributed by atoms with E-state index in [1.54, 1.807) is 13.0 Å². The summed E-state index contributed by atoms with van der Waals surface area (Å²) in [4.78, 5) is 35.1. The molecule has 1 unspecified atom stereocenters. The van der Waals surface area contributed by atoms with Crippen LogP contribution in [0.4, 0.5) is 0 Å². The van der Waals surface area contributed by atoms with Crippen LogP contribution in [0.1, 0.15) is 72.6 Å². The Labute approximate surface area is 191 Å². The molecular weight excluding hydrogens is 404 g/mol. The smallest absolute Gasteiger partial charge is 0.331 e. The lowest BCUT2D eigenvalue weighted by Gasteiger charge is -2.17. The maximum Gasteiger partial charge on any atom is 0.331 e. The van der Waals surface area contributed by atoms with Crippen molar-refractivity contribution in [1.29, 1.82) is 0 Å². The van der Waals surface area contributed by atoms with Crippen molar-refractivity contribution >= 4 is 17.5 Å². The van der Waals surface area contributed by atoms with E-state index in [-0.39, 0.29) is 18.0 Å². The van der Waals surface area contributed by atoms with Crippen LogP contribution in [0.3, 0.4) is 0 Å². The number of Topliss-reactive ketones (excluding diaryl/α,β-unsaturated/α-hetero) is 1. The van der Waals surface area contributed by atoms with Gasteiger partial charge in [-0.2, -0.15) is 0 Å². The first-order valence-electron chi connectivity index (χ1n) is 11.1. The highest BCUT2D eigenvalue weighted by atomic mass is 16.4. The first-order chi connectivity index (χ1) is 15.0. The summed E-state index contributed by atoms with van der Waals surface area (Å²) < 4.78 is 0. The zero-order chi connectivity index (χ0) is 24.3. The normalized spacial score (nSPS) is 15.8. The van der Waals surface area contributed by atoms with Gasteiger partial charge in [0, 0.05) is 23.1 Å². The lowest BCUT2D eigenvalue weighted by atomic mass is 9.90. The molecule has 0 radical (unpaired) electrons. The molecular formula is C27H36O5. The highest BCUT2D eigenvalue weighted by Crippen LogP contribution is 2.22. The molecule has 0 aromatic carbocycles. The summed E-state index contributed by atoms with van der Waals surface area (Å²) in [5, 5.41) is 19.7. The maximum absolute atomic E-state index is 12.1. The molecule has 0 bridgehead atoms. The van der Waals surface area contributed by atoms with Gasteiger partial charge < -0.3 is 10.2 Å². The number of carboxylic acid groups (broad SMARTS) is 1. The van der Waals surface area contributed by atoms with Crippen molar-refractivity contribution in [2.45, 2.75) is 78.7 Å². The lowest BCUT2D eigenvalue weighted by Crippen LogP contribution is -2.19. The van der Waals surface area contributed by atoms with E-state index in [1.807, 2.05) is 26.8 Å². The minimum Gasteiger partial charge on any atom is -0.478 e. The predicted molar refractivity (Wildman–Crippen MR) is 128 cm³/mol. The van der Waals surface area contributed by atoms with E-state index >= 15 is 0 Å². The van der Waals surface area contributed by atoms with Gasteiger partial charge in [0.2, 0.25) is 0 Å². The third kappa shape index (κ3) is 10.0. The first-order valence-corrected chi connectivity index (χ1v) is 11.1. The second kappa shape index (κ2) is 13.6. The van der Waals surface area contributed by atoms with Crippen molar-refractivity contribution in [2.24, 2.45) is 0 Å². The molecule has 32 heavy (non-hydrogen) atoms. The third-order valence-corrected chi connectivity index (χ3v) is 5.34. The first kappa shape index (κ1) is 27.2. The Hall–Kier alpha value is -2.79. The monoisotopic (exact) mass is 440 g/mol. The summed E-state index contributed by atoms with van der Waals surface area (Å²) in [6.07, 6.45) is 11.7. The molecule has 1 atom stereocenters. The standard InChI is InChI=1S/C27H36O5/c1-18(2)9-6-13-22(27(31)32)14-8-11-19(3)10-7-12-20(4)25(29)17-23-16-24(28)15-21(5)26(23)30/h9-10,14-16,25,29H,4,6-8,11-13,17H2,1-3,5H3,(H,31,32). The van der Waals surface area contributed by atoms with Gasteiger partial charge in [-0.1, -0.05) is 36.0 Å². The Balaban J connectivity index is 2.48. The minimum atomic E-state index is -0.875. The van der Waals surface area contributed by atoms with E-state index in [0.29, 0.717) is 48.0 Å². The van der Waals surface area contributed by atoms with Gasteiger partial charge in [0.15, 0.2) is 11.6 Å². The second-order valence-electron chi connectivity index (χ2n) is 8.59. The largest absolute Gasteiger partial charge is 0.478 e. The van der Waals surface area contributed by atoms with Crippen molar-refractivity contribution in [1.82, 2.24) is 0 Å². The van der Waals surface area contributed by atoms with E-state index in [2.05, 4.69) is 12.7 Å². The number of allylic oxidation sites excluding steroid dienone is 8. The molecule has 0 aromatic heterocycles. The Morgan fingerprint density at radius 1 is 1.00 bits per heavy atom. The van der Waals surface area contributed by atoms with E-state index in [1.165, 1.54) is 17.7 Å². The molecule has 0 heterocycles. The van der Waals surface area contributed by atoms with Crippen LogP contribution in [0.25, 0.3) is 0 Å². The van der Waals surface area contributed by atoms with E-state index < -0.39 is 12.1 Å². The summed E-state index contributed by atoms with van der Waals surface area (Å²) in [7, 11) is 0. The molecule has 1 rings (SSSR count). The molecule has 2 N–H and O–H groups in total. The Bertz CT molecular complexity index is 889. The number of hydrogen-bond donors (Lipinski definition) is 2. The molecule has 1 aliphatic rings. The molecule has 174 valence electrons. The quantitative estimate of drug-likeness (QED) is 0.221. The van der Waals surface area contributed by atoms with Crippen LogP contribution in [0, 0.1) is 0 Å². The van der Waals surface area contributed by atoms with Crippen molar-refractivity contribution < 1.29 is 24.6 Å². The highest BCUT2D eigenvalue weighted by molar-refractivity contribution is 6.20. The predicted octanol–water partition coefficient (Wildman–Crippen LogP) is 5.58. The summed E-state index contributed by atoms with van der Waals surface area (Å²) >= 11 is 0. The van der Waals surface area contributed by atoms with Crippen LogP contribution >= 0.6 is 0 Å². The number of aliphatic hydroxyl groups is 1. The number of hydrogen-bond acceptors (Lipinski definition) is 4. The molecule has 0 aromatic rings. The Kier molecular flexibility index (Phi) is 11.6. The number of rotatable bonds is 13. The van der Waals surface area contributed by atoms with Gasteiger partial charge in [0.25, 0.3) is 0 Å². The Morgan fingerprint density at radius 2 is 1.62 bits per heavy atom. The fourth-order valence-corrected chi connectivity index (χ4v) is 3.37. The molecule has 0 saturated carbocycles. The fraction of sp³-hybridized carbons (Fsp3) is 0.444. The number of aliphatic hydroxyl groups excluding tert-OH is 1. The summed E-state index contributed by atoms with van der Waals surface area (Å²) in [5.41, 5.74) is 4.11. The van der Waals surface area contributed by atoms with Gasteiger partial charge in [-0.25, -0.2) is 4.79 Å². The van der Waals surface area contributed by atoms with Crippen molar-refractivity contribution in [3.05, 3.63) is 70.4 Å². The van der Waals surface area contributed by atoms with Gasteiger partial charge in [0.05, 0.1) is 6.10 Å². The lowest BCUT2D eigenvalue weighted by molar-refractivity contribution is -0.132. The summed E-state index contributed by atoms with van der Waals surface area (Å²) in [6.45, 7) is 11.5. The van der Waals surface area contributed by atoms with Crippen LogP contribution in [0.5, 0.6) is 0 Å². The molecule has 5 nitrogen and oxygen atoms in total. The number of aliphatic carboxylic acids is 1.